The van der Waals surface area contributed by atoms with Crippen molar-refractivity contribution in [3.05, 3.63) is 55.8 Å². The number of unbranched alkanes of at least 4 members (excludes halogenated alkanes) is 2. The van der Waals surface area contributed by atoms with Crippen LogP contribution in [0.1, 0.15) is 57.4 Å². The number of phosphoric acid groups is 4. The van der Waals surface area contributed by atoms with E-state index in [4.69, 9.17) is 39.5 Å². The van der Waals surface area contributed by atoms with E-state index in [1.165, 1.54) is 12.3 Å². The highest BCUT2D eigenvalue weighted by Crippen LogP contribution is 2.66. The normalized spacial score (nSPS) is 21.0. The minimum absolute atomic E-state index is 0.0319. The maximum Gasteiger partial charge on any atom is 0.490 e. The van der Waals surface area contributed by atoms with Gasteiger partial charge in [-0.05, 0) is 31.7 Å². The van der Waals surface area contributed by atoms with Crippen molar-refractivity contribution in [3.8, 4) is 0 Å². The highest BCUT2D eigenvalue weighted by molar-refractivity contribution is 8.77. The summed E-state index contributed by atoms with van der Waals surface area (Å²) in [6, 6.07) is 1.03. The molecule has 13 N–H and O–H groups in total. The average molecular weight is 1240 g/mol. The SMILES string of the molecule is N[C@@H](CS)C(=O)C(=O)NC(SSCCOC(=O)Nc1ccn(C2CCC(COP(=O)(O)OP(=O)(O)OP(=O)(O)O)O2)c(=O)n1)C(=O)NCCCCCC(=O)NCCn1c(=O)ccn(C2CC(O)C(COP(=O)(O)O)O2)c1=O. The minimum Gasteiger partial charge on any atom is -0.448 e. The Kier molecular flexibility index (Phi) is 25.8. The van der Waals surface area contributed by atoms with E-state index in [2.05, 4.69) is 56.5 Å². The summed E-state index contributed by atoms with van der Waals surface area (Å²) in [5, 5.41) is 18.7. The van der Waals surface area contributed by atoms with Gasteiger partial charge in [-0.1, -0.05) is 28.0 Å². The van der Waals surface area contributed by atoms with Gasteiger partial charge in [0.05, 0.1) is 31.5 Å². The van der Waals surface area contributed by atoms with Gasteiger partial charge in [0.1, 0.15) is 31.0 Å². The lowest BCUT2D eigenvalue weighted by molar-refractivity contribution is -0.139. The molecule has 4 heterocycles. The van der Waals surface area contributed by atoms with Crippen LogP contribution < -0.4 is 43.9 Å². The number of aliphatic hydroxyl groups excluding tert-OH is 1. The first-order valence-corrected chi connectivity index (χ1v) is 31.4. The number of thiol groups is 1. The number of anilines is 1. The predicted molar refractivity (Wildman–Crippen MR) is 267 cm³/mol. The van der Waals surface area contributed by atoms with Crippen molar-refractivity contribution in [2.24, 2.45) is 5.73 Å². The van der Waals surface area contributed by atoms with Crippen LogP contribution in [0, 0.1) is 0 Å². The molecule has 0 bridgehead atoms. The minimum atomic E-state index is -5.74. The number of nitrogens with two attached hydrogens (primary N) is 1. The molecule has 0 saturated carbocycles. The Morgan fingerprint density at radius 1 is 0.857 bits per heavy atom. The average Bonchev–Trinajstić information content (AvgIpc) is 3.95. The number of amides is 4. The van der Waals surface area contributed by atoms with Crippen LogP contribution in [0.4, 0.5) is 10.6 Å². The Labute approximate surface area is 447 Å². The van der Waals surface area contributed by atoms with Gasteiger partial charge >= 0.3 is 48.8 Å². The summed E-state index contributed by atoms with van der Waals surface area (Å²) in [5.41, 5.74) is 3.21. The first kappa shape index (κ1) is 65.8. The smallest absolute Gasteiger partial charge is 0.448 e. The standard InChI is InChI=1S/C35H55N9O26P4S3/c36-21(19-75)29(48)30(49)41-32(31(50)38-9-3-1-2-4-25(46)37-10-13-42-26(47)8-12-44(35(42)53)28-16-22(45)23(68-28)18-65-71(54,55)56)77-76-15-14-64-34(52)40-24-7-11-43(33(51)39-24)27-6-5-20(67-27)17-66-73(60,61)70-74(62,63)69-72(57,58)59/h7-8,11-12,20-23,27-28,32,45,75H,1-6,9-10,13-19,36H2,(H,37,46)(H,38,50)(H,41,49)(H,60,61)(H,62,63)(H2,54,55,56)(H2,57,58,59)(H,39,40,51,52)/t20?,21-,22?,23?,27?,28?,32?/m0/s1. The molecule has 2 aromatic heterocycles. The van der Waals surface area contributed by atoms with Crippen molar-refractivity contribution >= 4 is 101 Å². The second-order valence-corrected chi connectivity index (χ2v) is 24.6. The van der Waals surface area contributed by atoms with E-state index in [-0.39, 0.29) is 69.2 Å². The molecule has 2 saturated heterocycles. The van der Waals surface area contributed by atoms with Gasteiger partial charge in [-0.15, -0.1) is 0 Å². The molecule has 4 amide bonds. The molecule has 0 aliphatic carbocycles. The van der Waals surface area contributed by atoms with E-state index >= 15 is 0 Å². The molecule has 8 unspecified atom stereocenters. The van der Waals surface area contributed by atoms with Gasteiger partial charge in [0.15, 0.2) is 5.37 Å². The van der Waals surface area contributed by atoms with Crippen molar-refractivity contribution in [2.45, 2.75) is 93.7 Å². The van der Waals surface area contributed by atoms with Gasteiger partial charge in [0, 0.05) is 62.4 Å². The van der Waals surface area contributed by atoms with Crippen molar-refractivity contribution in [1.82, 2.24) is 34.6 Å². The van der Waals surface area contributed by atoms with Gasteiger partial charge in [-0.25, -0.2) is 32.6 Å². The number of ether oxygens (including phenoxy) is 3. The molecule has 0 aromatic carbocycles. The fraction of sp³-hybridized carbons (Fsp3) is 0.629. The molecular weight excluding hydrogens is 1180 g/mol. The fourth-order valence-electron chi connectivity index (χ4n) is 6.65. The summed E-state index contributed by atoms with van der Waals surface area (Å²) >= 11 is 3.91. The highest BCUT2D eigenvalue weighted by atomic mass is 33.1. The van der Waals surface area contributed by atoms with Gasteiger partial charge in [-0.3, -0.25) is 52.0 Å². The lowest BCUT2D eigenvalue weighted by Gasteiger charge is -2.19. The highest BCUT2D eigenvalue weighted by Gasteiger charge is 2.42. The topological polar surface area (TPSA) is 513 Å². The molecule has 77 heavy (non-hydrogen) atoms. The van der Waals surface area contributed by atoms with Crippen LogP contribution in [0.2, 0.25) is 0 Å². The quantitative estimate of drug-likeness (QED) is 0.00944. The lowest BCUT2D eigenvalue weighted by atomic mass is 10.2. The van der Waals surface area contributed by atoms with Crippen LogP contribution in [0.25, 0.3) is 0 Å². The van der Waals surface area contributed by atoms with Crippen LogP contribution in [0.3, 0.4) is 0 Å². The zero-order valence-corrected chi connectivity index (χ0v) is 45.9. The Hall–Kier alpha value is -3.68. The molecular formula is C35H55N9O26P4S3. The third-order valence-electron chi connectivity index (χ3n) is 10.2. The zero-order chi connectivity index (χ0) is 57.3. The Morgan fingerprint density at radius 3 is 2.25 bits per heavy atom. The number of hydrogen-bond acceptors (Lipinski definition) is 25. The molecule has 42 heteroatoms. The summed E-state index contributed by atoms with van der Waals surface area (Å²) in [5.74, 6) is -3.68. The van der Waals surface area contributed by atoms with E-state index in [0.29, 0.717) is 19.3 Å². The number of Topliss-reactive ketones (excluding diaryl/α,β-unsaturated/α-hetero) is 1. The molecule has 2 aromatic rings. The van der Waals surface area contributed by atoms with E-state index in [9.17, 15) is 71.5 Å². The van der Waals surface area contributed by atoms with Crippen molar-refractivity contribution in [3.63, 3.8) is 0 Å². The van der Waals surface area contributed by atoms with Crippen molar-refractivity contribution < 1.29 is 109 Å². The summed E-state index contributed by atoms with van der Waals surface area (Å²) < 4.78 is 80.7. The van der Waals surface area contributed by atoms with Gasteiger partial charge in [0.2, 0.25) is 11.7 Å². The number of phosphoric ester groups is 2. The molecule has 2 fully saturated rings. The second-order valence-electron chi connectivity index (χ2n) is 16.0. The van der Waals surface area contributed by atoms with Gasteiger partial charge in [-0.2, -0.15) is 26.2 Å². The Balaban J connectivity index is 1.15. The number of carbonyl (C=O) groups excluding carboxylic acids is 5. The number of ketones is 1. The van der Waals surface area contributed by atoms with Crippen LogP contribution in [-0.2, 0) is 75.9 Å². The number of nitrogens with one attached hydrogen (secondary N) is 4. The fourth-order valence-corrected chi connectivity index (χ4v) is 12.2. The van der Waals surface area contributed by atoms with Gasteiger partial charge in [0.25, 0.3) is 17.4 Å². The molecule has 4 rings (SSSR count). The number of nitrogens with zero attached hydrogens (tertiary/aromatic N) is 4. The Bertz CT molecular complexity index is 2780. The molecule has 35 nitrogen and oxygen atoms in total. The number of carbonyl (C=O) groups is 5. The maximum absolute atomic E-state index is 13.1. The summed E-state index contributed by atoms with van der Waals surface area (Å²) in [4.78, 5) is 159. The van der Waals surface area contributed by atoms with Gasteiger partial charge < -0.3 is 70.4 Å². The first-order valence-electron chi connectivity index (χ1n) is 22.3. The Morgan fingerprint density at radius 2 is 1.57 bits per heavy atom. The van der Waals surface area contributed by atoms with E-state index in [1.807, 2.05) is 0 Å². The van der Waals surface area contributed by atoms with Crippen LogP contribution in [0.5, 0.6) is 0 Å². The molecule has 0 spiro atoms. The molecule has 0 radical (unpaired) electrons. The largest absolute Gasteiger partial charge is 0.490 e. The summed E-state index contributed by atoms with van der Waals surface area (Å²) in [6.45, 7) is -1.92. The monoisotopic (exact) mass is 1240 g/mol. The summed E-state index contributed by atoms with van der Waals surface area (Å²) in [7, 11) is -19.8. The predicted octanol–water partition coefficient (Wildman–Crippen LogP) is -1.96. The van der Waals surface area contributed by atoms with E-state index < -0.39 is 133 Å². The van der Waals surface area contributed by atoms with Crippen LogP contribution in [0.15, 0.2) is 38.9 Å². The molecule has 434 valence electrons. The molecule has 2 aliphatic heterocycles. The molecule has 2 aliphatic rings. The third kappa shape index (κ3) is 23.1. The molecule has 9 atom stereocenters. The zero-order valence-electron chi connectivity index (χ0n) is 39.8. The number of hydrogen-bond donors (Lipinski definition) is 13. The first-order chi connectivity index (χ1) is 36.0. The number of aromatic nitrogens is 4. The van der Waals surface area contributed by atoms with Crippen LogP contribution >= 0.6 is 65.5 Å². The van der Waals surface area contributed by atoms with Crippen molar-refractivity contribution in [1.29, 1.82) is 0 Å². The van der Waals surface area contributed by atoms with E-state index in [1.54, 1.807) is 0 Å². The van der Waals surface area contributed by atoms with Crippen molar-refractivity contribution in [2.75, 3.05) is 49.7 Å². The van der Waals surface area contributed by atoms with Crippen LogP contribution in [-0.4, -0.2) is 157 Å². The third-order valence-corrected chi connectivity index (χ3v) is 17.3. The second kappa shape index (κ2) is 30.2. The lowest BCUT2D eigenvalue weighted by Crippen LogP contribution is -2.50. The number of aliphatic hydroxyl groups is 1. The maximum atomic E-state index is 13.1. The summed E-state index contributed by atoms with van der Waals surface area (Å²) in [6.07, 6.45) is -2.84. The van der Waals surface area contributed by atoms with E-state index in [0.717, 1.165) is 47.6 Å². The number of rotatable bonds is 32.